The topological polar surface area (TPSA) is 94.1 Å². The summed E-state index contributed by atoms with van der Waals surface area (Å²) in [6.07, 6.45) is 2.78. The van der Waals surface area contributed by atoms with Gasteiger partial charge in [0.15, 0.2) is 14.9 Å². The second-order valence-electron chi connectivity index (χ2n) is 2.65. The van der Waals surface area contributed by atoms with Gasteiger partial charge in [0.1, 0.15) is 0 Å². The lowest BCUT2D eigenvalue weighted by atomic mass is 10.7. The molecule has 0 aliphatic rings. The molecule has 1 aromatic heterocycles. The van der Waals surface area contributed by atoms with E-state index in [0.29, 0.717) is 0 Å². The highest BCUT2D eigenvalue weighted by Crippen LogP contribution is 2.06. The molecular formula is C6H7N2O4S2. The third-order valence-electron chi connectivity index (χ3n) is 1.24. The summed E-state index contributed by atoms with van der Waals surface area (Å²) in [6.45, 7) is 0. The van der Waals surface area contributed by atoms with Gasteiger partial charge in [-0.3, -0.25) is 0 Å². The molecule has 0 aliphatic heterocycles. The molecule has 0 unspecified atom stereocenters. The summed E-state index contributed by atoms with van der Waals surface area (Å²) < 4.78 is 43.9. The first-order chi connectivity index (χ1) is 6.21. The number of hydrogen-bond donors (Lipinski definition) is 0. The normalized spacial score (nSPS) is 12.7. The highest BCUT2D eigenvalue weighted by atomic mass is 32.2. The summed E-state index contributed by atoms with van der Waals surface area (Å²) in [6, 6.07) is 2.25. The Labute approximate surface area is 81.9 Å². The van der Waals surface area contributed by atoms with Crippen LogP contribution < -0.4 is 0 Å². The van der Waals surface area contributed by atoms with Crippen molar-refractivity contribution in [3.8, 4) is 0 Å². The maximum Gasteiger partial charge on any atom is 0.248 e. The molecule has 1 heterocycles. The van der Waals surface area contributed by atoms with E-state index >= 15 is 0 Å². The van der Waals surface area contributed by atoms with E-state index in [1.165, 1.54) is 0 Å². The standard InChI is InChI=1S/C6H7N2O4S2/c1-13(9,10)5-3-4-7-6(8-5)14(2,11)12/h4H,1-2H3. The van der Waals surface area contributed by atoms with Crippen LogP contribution in [0.5, 0.6) is 0 Å². The predicted octanol–water partition coefficient (Wildman–Crippen LogP) is -0.916. The summed E-state index contributed by atoms with van der Waals surface area (Å²) in [7, 11) is -7.15. The van der Waals surface area contributed by atoms with E-state index in [4.69, 9.17) is 0 Å². The third kappa shape index (κ3) is 2.48. The van der Waals surface area contributed by atoms with E-state index in [1.54, 1.807) is 0 Å². The Balaban J connectivity index is 3.44. The molecule has 0 bridgehead atoms. The average Bonchev–Trinajstić information content (AvgIpc) is 2.01. The molecule has 0 saturated carbocycles. The minimum atomic E-state index is -3.59. The molecule has 0 fully saturated rings. The first kappa shape index (κ1) is 11.1. The summed E-state index contributed by atoms with van der Waals surface area (Å²) in [5, 5.41) is -0.940. The minimum Gasteiger partial charge on any atom is -0.226 e. The average molecular weight is 235 g/mol. The van der Waals surface area contributed by atoms with Gasteiger partial charge in [0.05, 0.1) is 0 Å². The van der Waals surface area contributed by atoms with E-state index < -0.39 is 29.9 Å². The number of rotatable bonds is 2. The smallest absolute Gasteiger partial charge is 0.226 e. The van der Waals surface area contributed by atoms with Crippen molar-refractivity contribution in [2.75, 3.05) is 12.5 Å². The van der Waals surface area contributed by atoms with E-state index in [-0.39, 0.29) is 0 Å². The third-order valence-corrected chi connectivity index (χ3v) is 3.01. The zero-order chi connectivity index (χ0) is 11.0. The van der Waals surface area contributed by atoms with Gasteiger partial charge < -0.3 is 0 Å². The Bertz CT molecular complexity index is 500. The van der Waals surface area contributed by atoms with Crippen LogP contribution in [-0.4, -0.2) is 39.3 Å². The quantitative estimate of drug-likeness (QED) is 0.486. The van der Waals surface area contributed by atoms with Crippen molar-refractivity contribution in [1.29, 1.82) is 0 Å². The van der Waals surface area contributed by atoms with Gasteiger partial charge in [0, 0.05) is 24.8 Å². The number of aromatic nitrogens is 2. The van der Waals surface area contributed by atoms with E-state index in [2.05, 4.69) is 16.0 Å². The fraction of sp³-hybridized carbons (Fsp3) is 0.333. The van der Waals surface area contributed by atoms with Crippen LogP contribution in [0.3, 0.4) is 0 Å². The van der Waals surface area contributed by atoms with Gasteiger partial charge in [0.25, 0.3) is 0 Å². The van der Waals surface area contributed by atoms with Crippen LogP contribution >= 0.6 is 0 Å². The highest BCUT2D eigenvalue weighted by molar-refractivity contribution is 7.91. The lowest BCUT2D eigenvalue weighted by Gasteiger charge is -1.98. The fourth-order valence-corrected chi connectivity index (χ4v) is 1.74. The second-order valence-corrected chi connectivity index (χ2v) is 6.49. The summed E-state index contributed by atoms with van der Waals surface area (Å²) in [5.74, 6) is 0. The van der Waals surface area contributed by atoms with Gasteiger partial charge in [-0.25, -0.2) is 26.8 Å². The Kier molecular flexibility index (Phi) is 2.59. The first-order valence-corrected chi connectivity index (χ1v) is 7.14. The van der Waals surface area contributed by atoms with Gasteiger partial charge in [-0.15, -0.1) is 0 Å². The van der Waals surface area contributed by atoms with E-state index in [9.17, 15) is 16.8 Å². The number of hydrogen-bond acceptors (Lipinski definition) is 6. The van der Waals surface area contributed by atoms with Crippen molar-refractivity contribution in [3.63, 3.8) is 0 Å². The molecule has 0 N–H and O–H groups in total. The molecule has 1 aromatic rings. The molecule has 0 aliphatic carbocycles. The first-order valence-electron chi connectivity index (χ1n) is 3.36. The van der Waals surface area contributed by atoms with Crippen molar-refractivity contribution in [1.82, 2.24) is 9.97 Å². The largest absolute Gasteiger partial charge is 0.248 e. The Hall–Kier alpha value is -1.02. The van der Waals surface area contributed by atoms with Crippen molar-refractivity contribution >= 4 is 19.7 Å². The predicted molar refractivity (Wildman–Crippen MR) is 47.1 cm³/mol. The zero-order valence-corrected chi connectivity index (χ0v) is 9.05. The molecule has 6 nitrogen and oxygen atoms in total. The number of nitrogens with zero attached hydrogens (tertiary/aromatic N) is 2. The van der Waals surface area contributed by atoms with Gasteiger partial charge in [-0.1, -0.05) is 0 Å². The van der Waals surface area contributed by atoms with Crippen LogP contribution in [-0.2, 0) is 19.7 Å². The van der Waals surface area contributed by atoms with Crippen LogP contribution in [0.25, 0.3) is 0 Å². The molecule has 77 valence electrons. The fourth-order valence-electron chi connectivity index (χ4n) is 0.659. The highest BCUT2D eigenvalue weighted by Gasteiger charge is 2.16. The molecule has 8 heteroatoms. The van der Waals surface area contributed by atoms with Crippen molar-refractivity contribution in [2.24, 2.45) is 0 Å². The molecule has 1 rings (SSSR count). The lowest BCUT2D eigenvalue weighted by Crippen LogP contribution is -2.08. The van der Waals surface area contributed by atoms with Gasteiger partial charge in [0.2, 0.25) is 15.0 Å². The maximum absolute atomic E-state index is 11.0. The van der Waals surface area contributed by atoms with E-state index in [0.717, 1.165) is 18.7 Å². The second kappa shape index (κ2) is 3.28. The van der Waals surface area contributed by atoms with Crippen LogP contribution in [0.4, 0.5) is 0 Å². The molecule has 0 amide bonds. The SMILES string of the molecule is CS(=O)(=O)c1[c]cnc(S(C)(=O)=O)n1. The van der Waals surface area contributed by atoms with Gasteiger partial charge >= 0.3 is 0 Å². The summed E-state index contributed by atoms with van der Waals surface area (Å²) >= 11 is 0. The zero-order valence-electron chi connectivity index (χ0n) is 7.42. The van der Waals surface area contributed by atoms with Gasteiger partial charge in [-0.05, 0) is 0 Å². The molecule has 14 heavy (non-hydrogen) atoms. The molecule has 0 spiro atoms. The van der Waals surface area contributed by atoms with Crippen molar-refractivity contribution in [2.45, 2.75) is 10.2 Å². The van der Waals surface area contributed by atoms with Crippen LogP contribution in [0.2, 0.25) is 0 Å². The summed E-state index contributed by atoms with van der Waals surface area (Å²) in [4.78, 5) is 6.78. The van der Waals surface area contributed by atoms with Crippen LogP contribution in [0.1, 0.15) is 0 Å². The molecule has 0 saturated heterocycles. The molecular weight excluding hydrogens is 228 g/mol. The Morgan fingerprint density at radius 1 is 1.14 bits per heavy atom. The molecule has 0 aromatic carbocycles. The minimum absolute atomic E-state index is 0.423. The Morgan fingerprint density at radius 2 is 1.71 bits per heavy atom. The monoisotopic (exact) mass is 235 g/mol. The lowest BCUT2D eigenvalue weighted by molar-refractivity contribution is 0.584. The summed E-state index contributed by atoms with van der Waals surface area (Å²) in [5.41, 5.74) is 0. The van der Waals surface area contributed by atoms with Gasteiger partial charge in [-0.2, -0.15) is 0 Å². The molecule has 1 radical (unpaired) electrons. The Morgan fingerprint density at radius 3 is 2.14 bits per heavy atom. The molecule has 0 atom stereocenters. The van der Waals surface area contributed by atoms with E-state index in [1.807, 2.05) is 0 Å². The van der Waals surface area contributed by atoms with Crippen molar-refractivity contribution < 1.29 is 16.8 Å². The maximum atomic E-state index is 11.0. The van der Waals surface area contributed by atoms with Crippen LogP contribution in [0.15, 0.2) is 16.4 Å². The number of sulfone groups is 2. The van der Waals surface area contributed by atoms with Crippen LogP contribution in [0, 0.1) is 6.07 Å². The van der Waals surface area contributed by atoms with Crippen molar-refractivity contribution in [3.05, 3.63) is 12.3 Å².